The molecule has 8 N–H and O–H groups in total. The maximum absolute atomic E-state index is 14.3. The zero-order valence-corrected chi connectivity index (χ0v) is 30.3. The highest BCUT2D eigenvalue weighted by Crippen LogP contribution is 2.41. The van der Waals surface area contributed by atoms with E-state index >= 15 is 0 Å². The van der Waals surface area contributed by atoms with Crippen LogP contribution >= 0.6 is 38.6 Å². The van der Waals surface area contributed by atoms with Gasteiger partial charge in [-0.3, -0.25) is 9.59 Å². The number of primary amides is 2. The van der Waals surface area contributed by atoms with E-state index in [4.69, 9.17) is 42.7 Å². The van der Waals surface area contributed by atoms with Gasteiger partial charge in [-0.2, -0.15) is 0 Å². The average Bonchev–Trinajstić information content (AvgIpc) is 3.63. The van der Waals surface area contributed by atoms with E-state index < -0.39 is 41.3 Å². The van der Waals surface area contributed by atoms with Crippen molar-refractivity contribution < 1.29 is 48.3 Å². The number of nitrogens with zero attached hydrogens (tertiary/aromatic N) is 2. The van der Waals surface area contributed by atoms with Crippen LogP contribution in [0.1, 0.15) is 48.8 Å². The number of fused-ring (bicyclic) bond motifs is 6. The summed E-state index contributed by atoms with van der Waals surface area (Å²) in [5.74, 6) is 5.49. The summed E-state index contributed by atoms with van der Waals surface area (Å²) in [4.78, 5) is 32.8. The van der Waals surface area contributed by atoms with Crippen LogP contribution in [-0.2, 0) is 12.8 Å². The van der Waals surface area contributed by atoms with Gasteiger partial charge < -0.3 is 41.4 Å². The molecular weight excluding hydrogens is 774 g/mol. The van der Waals surface area contributed by atoms with Crippen LogP contribution in [0.25, 0.3) is 22.5 Å². The van der Waals surface area contributed by atoms with Crippen LogP contribution in [0.5, 0.6) is 11.5 Å². The van der Waals surface area contributed by atoms with Crippen molar-refractivity contribution in [1.29, 1.82) is 0 Å². The number of rotatable bonds is 4. The van der Waals surface area contributed by atoms with Crippen LogP contribution in [-0.4, -0.2) is 79.8 Å². The first-order valence-corrected chi connectivity index (χ1v) is 17.3. The highest BCUT2D eigenvalue weighted by atomic mass is 79.9. The van der Waals surface area contributed by atoms with Crippen molar-refractivity contribution in [3.05, 3.63) is 65.7 Å². The van der Waals surface area contributed by atoms with Gasteiger partial charge in [-0.1, -0.05) is 17.8 Å². The van der Waals surface area contributed by atoms with Gasteiger partial charge >= 0.3 is 0 Å². The Hall–Kier alpha value is -4.46. The number of aromatic nitrogens is 2. The molecule has 4 heterocycles. The third-order valence-electron chi connectivity index (χ3n) is 6.98. The van der Waals surface area contributed by atoms with E-state index in [-0.39, 0.29) is 22.2 Å². The van der Waals surface area contributed by atoms with Crippen molar-refractivity contribution in [3.63, 3.8) is 0 Å². The molecule has 0 radical (unpaired) electrons. The highest BCUT2D eigenvalue weighted by Gasteiger charge is 2.25. The zero-order chi connectivity index (χ0) is 37.7. The molecule has 4 aromatic rings. The minimum Gasteiger partial charge on any atom is -0.492 e. The Morgan fingerprint density at radius 2 is 1.35 bits per heavy atom. The molecule has 12 nitrogen and oxygen atoms in total. The molecule has 2 aliphatic rings. The number of nitrogens with two attached hydrogens (primary N) is 2. The summed E-state index contributed by atoms with van der Waals surface area (Å²) >= 11 is 5.58. The molecule has 2 aliphatic heterocycles. The van der Waals surface area contributed by atoms with Gasteiger partial charge in [0.2, 0.25) is 0 Å². The highest BCUT2D eigenvalue weighted by molar-refractivity contribution is 9.10. The van der Waals surface area contributed by atoms with Gasteiger partial charge in [0, 0.05) is 45.9 Å². The third-order valence-corrected chi connectivity index (χ3v) is 9.85. The molecule has 6 rings (SSSR count). The predicted molar refractivity (Wildman–Crippen MR) is 189 cm³/mol. The van der Waals surface area contributed by atoms with E-state index in [1.165, 1.54) is 54.7 Å². The summed E-state index contributed by atoms with van der Waals surface area (Å²) in [5, 5.41) is 36.1. The first kappa shape index (κ1) is 39.3. The Bertz CT molecular complexity index is 2080. The van der Waals surface area contributed by atoms with Gasteiger partial charge in [-0.05, 0) is 41.9 Å². The standard InChI is InChI=1S/C17H15FN2O4S.C12H8BrFN2O2S.C5H8O2/c1-17(23,8-21)4-2-9-6-10-12(7-11(9)18)24-5-3-13-14(10)20-16(25-13)15(19)22;13-6-3-5-8(4-7(6)14)18-2-1-9-10(5)16-12(19-9)11(15)17;1-3-5(2,7)4-6/h6-7,21,23H,3,5,8H2,1H3,(H2,19,22);3-4H,1-2H2,(H2,15,17);1,6-7H,4H2,2H3. The smallest absolute Gasteiger partial charge is 0.277 e. The van der Waals surface area contributed by atoms with Crippen LogP contribution < -0.4 is 20.9 Å². The van der Waals surface area contributed by atoms with Gasteiger partial charge in [-0.15, -0.1) is 29.1 Å². The van der Waals surface area contributed by atoms with Gasteiger partial charge in [0.25, 0.3) is 11.8 Å². The fraction of sp³-hybridized carbons (Fsp3) is 0.294. The van der Waals surface area contributed by atoms with Crippen molar-refractivity contribution in [1.82, 2.24) is 9.97 Å². The number of terminal acetylenes is 1. The molecule has 0 fully saturated rings. The molecule has 0 spiro atoms. The lowest BCUT2D eigenvalue weighted by atomic mass is 10.0. The van der Waals surface area contributed by atoms with Crippen LogP contribution in [0.4, 0.5) is 8.78 Å². The summed E-state index contributed by atoms with van der Waals surface area (Å²) in [6.45, 7) is 2.47. The molecule has 268 valence electrons. The summed E-state index contributed by atoms with van der Waals surface area (Å²) < 4.78 is 39.2. The second-order valence-corrected chi connectivity index (χ2v) is 14.4. The summed E-state index contributed by atoms with van der Waals surface area (Å²) in [6.07, 6.45) is 5.90. The molecule has 0 saturated heterocycles. The number of amides is 2. The Labute approximate surface area is 307 Å². The number of halogens is 3. The van der Waals surface area contributed by atoms with Crippen LogP contribution in [0.2, 0.25) is 0 Å². The molecule has 0 aliphatic carbocycles. The lowest BCUT2D eigenvalue weighted by Crippen LogP contribution is -2.26. The Morgan fingerprint density at radius 3 is 1.78 bits per heavy atom. The molecule has 0 bridgehead atoms. The largest absolute Gasteiger partial charge is 0.492 e. The third kappa shape index (κ3) is 9.66. The maximum Gasteiger partial charge on any atom is 0.277 e. The van der Waals surface area contributed by atoms with Gasteiger partial charge in [0.05, 0.1) is 47.9 Å². The summed E-state index contributed by atoms with van der Waals surface area (Å²) in [5.41, 5.74) is 9.93. The zero-order valence-electron chi connectivity index (χ0n) is 27.1. The van der Waals surface area contributed by atoms with Crippen LogP contribution in [0.15, 0.2) is 28.7 Å². The number of carbonyl (C=O) groups excluding carboxylic acids is 2. The molecular formula is C34H31BrF2N4O8S2. The minimum atomic E-state index is -1.64. The minimum absolute atomic E-state index is 0.0255. The van der Waals surface area contributed by atoms with Crippen molar-refractivity contribution in [3.8, 4) is 58.2 Å². The SMILES string of the molecule is C#CC(C)(O)CO.CC(O)(C#Cc1cc2c(cc1F)OCCc1sc(C(N)=O)nc1-2)CO.NC(=O)c1nc2c(s1)CCOc1cc(F)c(Br)cc1-2. The van der Waals surface area contributed by atoms with E-state index in [0.29, 0.717) is 64.5 Å². The average molecular weight is 806 g/mol. The van der Waals surface area contributed by atoms with Gasteiger partial charge in [0.15, 0.2) is 10.0 Å². The molecule has 2 aromatic heterocycles. The normalized spacial score (nSPS) is 14.6. The van der Waals surface area contributed by atoms with Crippen LogP contribution in [0.3, 0.4) is 0 Å². The van der Waals surface area contributed by atoms with Crippen molar-refractivity contribution in [2.24, 2.45) is 11.5 Å². The number of ether oxygens (including phenoxy) is 2. The first-order chi connectivity index (χ1) is 24.0. The number of hydrogen-bond acceptors (Lipinski definition) is 12. The Balaban J connectivity index is 0.000000198. The van der Waals surface area contributed by atoms with E-state index in [0.717, 1.165) is 9.75 Å². The molecule has 2 amide bonds. The number of aliphatic hydroxyl groups is 4. The quantitative estimate of drug-likeness (QED) is 0.166. The molecule has 0 saturated carbocycles. The van der Waals surface area contributed by atoms with E-state index in [1.807, 2.05) is 5.92 Å². The molecule has 2 unspecified atom stereocenters. The molecule has 51 heavy (non-hydrogen) atoms. The molecule has 17 heteroatoms. The van der Waals surface area contributed by atoms with Crippen molar-refractivity contribution >= 4 is 50.4 Å². The van der Waals surface area contributed by atoms with Crippen LogP contribution in [0, 0.1) is 35.8 Å². The fourth-order valence-corrected chi connectivity index (χ4v) is 6.42. The number of benzene rings is 2. The second-order valence-electron chi connectivity index (χ2n) is 11.4. The van der Waals surface area contributed by atoms with E-state index in [2.05, 4.69) is 37.7 Å². The Morgan fingerprint density at radius 1 is 0.882 bits per heavy atom. The number of thiazole rings is 2. The number of hydrogen-bond donors (Lipinski definition) is 6. The summed E-state index contributed by atoms with van der Waals surface area (Å²) in [6, 6.07) is 5.59. The van der Waals surface area contributed by atoms with Gasteiger partial charge in [-0.25, -0.2) is 18.7 Å². The Kier molecular flexibility index (Phi) is 12.5. The lowest BCUT2D eigenvalue weighted by Gasteiger charge is -2.11. The van der Waals surface area contributed by atoms with Crippen molar-refractivity contribution in [2.75, 3.05) is 26.4 Å². The number of carbonyl (C=O) groups is 2. The molecule has 2 aromatic carbocycles. The lowest BCUT2D eigenvalue weighted by molar-refractivity contribution is 0.0518. The first-order valence-electron chi connectivity index (χ1n) is 14.8. The topological polar surface area (TPSA) is 211 Å². The van der Waals surface area contributed by atoms with E-state index in [1.54, 1.807) is 6.07 Å². The fourth-order valence-electron chi connectivity index (χ4n) is 4.26. The van der Waals surface area contributed by atoms with E-state index in [9.17, 15) is 23.5 Å². The number of aliphatic hydroxyl groups excluding tert-OH is 2. The maximum atomic E-state index is 14.3. The summed E-state index contributed by atoms with van der Waals surface area (Å²) in [7, 11) is 0. The van der Waals surface area contributed by atoms with Gasteiger partial charge in [0.1, 0.15) is 34.3 Å². The predicted octanol–water partition coefficient (Wildman–Crippen LogP) is 3.19. The second kappa shape index (κ2) is 16.3. The van der Waals surface area contributed by atoms with Crippen molar-refractivity contribution in [2.45, 2.75) is 37.9 Å². The molecule has 2 atom stereocenters. The monoisotopic (exact) mass is 804 g/mol.